The van der Waals surface area contributed by atoms with Gasteiger partial charge in [0.15, 0.2) is 6.29 Å². The first kappa shape index (κ1) is 16.6. The van der Waals surface area contributed by atoms with Gasteiger partial charge in [0, 0.05) is 17.8 Å². The Kier molecular flexibility index (Phi) is 5.39. The first-order chi connectivity index (χ1) is 10.5. The average molecular weight is 316 g/mol. The van der Waals surface area contributed by atoms with Crippen molar-refractivity contribution in [2.24, 2.45) is 29.6 Å². The Balaban J connectivity index is 1.47. The van der Waals surface area contributed by atoms with Crippen LogP contribution in [-0.2, 0) is 9.47 Å². The van der Waals surface area contributed by atoms with E-state index in [1.807, 2.05) is 0 Å². The van der Waals surface area contributed by atoms with E-state index in [0.717, 1.165) is 38.9 Å². The molecule has 2 saturated carbocycles. The Morgan fingerprint density at radius 2 is 1.23 bits per heavy atom. The van der Waals surface area contributed by atoms with E-state index in [2.05, 4.69) is 6.92 Å². The second kappa shape index (κ2) is 7.12. The molecule has 3 aliphatic rings. The third-order valence-electron chi connectivity index (χ3n) is 6.15. The minimum atomic E-state index is -0.960. The minimum absolute atomic E-state index is 0.0497. The van der Waals surface area contributed by atoms with E-state index in [0.29, 0.717) is 30.6 Å². The molecule has 2 atom stereocenters. The molecule has 0 spiro atoms. The van der Waals surface area contributed by atoms with Crippen molar-refractivity contribution >= 4 is 0 Å². The Morgan fingerprint density at radius 3 is 1.77 bits per heavy atom. The van der Waals surface area contributed by atoms with E-state index < -0.39 is 18.3 Å². The summed E-state index contributed by atoms with van der Waals surface area (Å²) in [7, 11) is 0. The molecule has 2 nitrogen and oxygen atoms in total. The Bertz CT molecular complexity index is 337. The summed E-state index contributed by atoms with van der Waals surface area (Å²) in [5.41, 5.74) is 0. The molecule has 128 valence electrons. The number of hydrogen-bond donors (Lipinski definition) is 0. The van der Waals surface area contributed by atoms with Crippen molar-refractivity contribution in [2.75, 3.05) is 13.2 Å². The number of ether oxygens (including phenoxy) is 2. The third kappa shape index (κ3) is 3.64. The van der Waals surface area contributed by atoms with Gasteiger partial charge in [0.1, 0.15) is 12.3 Å². The van der Waals surface area contributed by atoms with Crippen LogP contribution < -0.4 is 0 Å². The summed E-state index contributed by atoms with van der Waals surface area (Å²) in [6.07, 6.45) is 3.44. The van der Waals surface area contributed by atoms with Crippen molar-refractivity contribution < 1.29 is 18.3 Å². The second-order valence-corrected chi connectivity index (χ2v) is 7.94. The summed E-state index contributed by atoms with van der Waals surface area (Å²) in [4.78, 5) is 0. The predicted octanol–water partition coefficient (Wildman–Crippen LogP) is 4.52. The van der Waals surface area contributed by atoms with E-state index >= 15 is 0 Å². The topological polar surface area (TPSA) is 18.5 Å². The summed E-state index contributed by atoms with van der Waals surface area (Å²) in [5.74, 6) is 1.25. The molecule has 1 heterocycles. The van der Waals surface area contributed by atoms with Gasteiger partial charge in [-0.1, -0.05) is 13.8 Å². The molecule has 0 aromatic rings. The molecule has 22 heavy (non-hydrogen) atoms. The quantitative estimate of drug-likeness (QED) is 0.745. The first-order valence-corrected chi connectivity index (χ1v) is 9.06. The van der Waals surface area contributed by atoms with Crippen LogP contribution in [0, 0.1) is 29.6 Å². The van der Waals surface area contributed by atoms with Crippen LogP contribution in [0.15, 0.2) is 0 Å². The summed E-state index contributed by atoms with van der Waals surface area (Å²) in [6, 6.07) is 0. The summed E-state index contributed by atoms with van der Waals surface area (Å²) >= 11 is 0. The van der Waals surface area contributed by atoms with E-state index in [1.165, 1.54) is 0 Å². The Labute approximate surface area is 132 Å². The maximum absolute atomic E-state index is 14.0. The zero-order valence-electron chi connectivity index (χ0n) is 13.8. The van der Waals surface area contributed by atoms with Crippen LogP contribution in [0.4, 0.5) is 8.78 Å². The number of alkyl halides is 2. The lowest BCUT2D eigenvalue weighted by Gasteiger charge is -2.42. The van der Waals surface area contributed by atoms with Gasteiger partial charge in [-0.15, -0.1) is 0 Å². The van der Waals surface area contributed by atoms with E-state index in [1.54, 1.807) is 6.92 Å². The Morgan fingerprint density at radius 1 is 0.727 bits per heavy atom. The van der Waals surface area contributed by atoms with Crippen LogP contribution in [0.5, 0.6) is 0 Å². The molecule has 0 radical (unpaired) electrons. The summed E-state index contributed by atoms with van der Waals surface area (Å²) in [5, 5.41) is 0. The number of hydrogen-bond acceptors (Lipinski definition) is 2. The van der Waals surface area contributed by atoms with Crippen LogP contribution in [-0.4, -0.2) is 31.8 Å². The van der Waals surface area contributed by atoms with Gasteiger partial charge in [0.05, 0.1) is 13.2 Å². The second-order valence-electron chi connectivity index (χ2n) is 7.94. The zero-order valence-corrected chi connectivity index (χ0v) is 13.8. The van der Waals surface area contributed by atoms with Crippen molar-refractivity contribution in [2.45, 2.75) is 71.0 Å². The molecule has 3 rings (SSSR count). The summed E-state index contributed by atoms with van der Waals surface area (Å²) in [6.45, 7) is 5.43. The zero-order chi connectivity index (χ0) is 15.7. The lowest BCUT2D eigenvalue weighted by molar-refractivity contribution is -0.227. The van der Waals surface area contributed by atoms with Crippen molar-refractivity contribution in [3.05, 3.63) is 0 Å². The molecule has 2 unspecified atom stereocenters. The van der Waals surface area contributed by atoms with Gasteiger partial charge in [0.25, 0.3) is 0 Å². The minimum Gasteiger partial charge on any atom is -0.352 e. The lowest BCUT2D eigenvalue weighted by atomic mass is 9.68. The molecule has 0 N–H and O–H groups in total. The third-order valence-corrected chi connectivity index (χ3v) is 6.15. The highest BCUT2D eigenvalue weighted by molar-refractivity contribution is 4.89. The van der Waals surface area contributed by atoms with Gasteiger partial charge in [-0.3, -0.25) is 0 Å². The molecule has 2 aliphatic carbocycles. The molecule has 0 bridgehead atoms. The van der Waals surface area contributed by atoms with Crippen LogP contribution in [0.1, 0.15) is 52.4 Å². The first-order valence-electron chi connectivity index (χ1n) is 9.06. The van der Waals surface area contributed by atoms with Crippen LogP contribution >= 0.6 is 0 Å². The maximum Gasteiger partial charge on any atom is 0.160 e. The van der Waals surface area contributed by atoms with E-state index in [-0.39, 0.29) is 12.2 Å². The predicted molar refractivity (Wildman–Crippen MR) is 82.0 cm³/mol. The van der Waals surface area contributed by atoms with Gasteiger partial charge >= 0.3 is 0 Å². The monoisotopic (exact) mass is 316 g/mol. The number of halogens is 2. The average Bonchev–Trinajstić information content (AvgIpc) is 2.53. The molecule has 0 aromatic heterocycles. The molecule has 1 saturated heterocycles. The van der Waals surface area contributed by atoms with E-state index in [4.69, 9.17) is 9.47 Å². The van der Waals surface area contributed by atoms with Gasteiger partial charge in [0.2, 0.25) is 0 Å². The number of rotatable bonds is 2. The standard InChI is InChI=1S/C18H30F2O2/c1-11-9-21-18(22-10-11)14-5-3-13(4-6-14)15-7-16(19)12(2)17(20)8-15/h11-18H,3-10H2,1-2H3. The van der Waals surface area contributed by atoms with Gasteiger partial charge < -0.3 is 9.47 Å². The van der Waals surface area contributed by atoms with Crippen LogP contribution in [0.3, 0.4) is 0 Å². The fourth-order valence-corrected chi connectivity index (χ4v) is 4.49. The molecule has 4 heteroatoms. The highest BCUT2D eigenvalue weighted by atomic mass is 19.1. The fraction of sp³-hybridized carbons (Fsp3) is 1.00. The molecule has 3 fully saturated rings. The lowest BCUT2D eigenvalue weighted by Crippen LogP contribution is -2.40. The van der Waals surface area contributed by atoms with Crippen molar-refractivity contribution in [3.63, 3.8) is 0 Å². The molecule has 0 amide bonds. The molecule has 0 aromatic carbocycles. The van der Waals surface area contributed by atoms with E-state index in [9.17, 15) is 8.78 Å². The van der Waals surface area contributed by atoms with Crippen LogP contribution in [0.2, 0.25) is 0 Å². The molecular weight excluding hydrogens is 286 g/mol. The summed E-state index contributed by atoms with van der Waals surface area (Å²) < 4.78 is 39.5. The van der Waals surface area contributed by atoms with Gasteiger partial charge in [-0.05, 0) is 50.4 Å². The fourth-order valence-electron chi connectivity index (χ4n) is 4.49. The Hall–Kier alpha value is -0.220. The van der Waals surface area contributed by atoms with Gasteiger partial charge in [-0.25, -0.2) is 8.78 Å². The largest absolute Gasteiger partial charge is 0.352 e. The maximum atomic E-state index is 14.0. The van der Waals surface area contributed by atoms with Crippen molar-refractivity contribution in [3.8, 4) is 0 Å². The SMILES string of the molecule is CC1COC(C2CCC(C3CC(F)C(C)C(F)C3)CC2)OC1. The molecule has 1 aliphatic heterocycles. The highest BCUT2D eigenvalue weighted by Crippen LogP contribution is 2.44. The smallest absolute Gasteiger partial charge is 0.160 e. The van der Waals surface area contributed by atoms with Crippen LogP contribution in [0.25, 0.3) is 0 Å². The normalized spacial score (nSPS) is 50.7. The van der Waals surface area contributed by atoms with Crippen molar-refractivity contribution in [1.82, 2.24) is 0 Å². The van der Waals surface area contributed by atoms with Crippen molar-refractivity contribution in [1.29, 1.82) is 0 Å². The molecular formula is C18H30F2O2. The highest BCUT2D eigenvalue weighted by Gasteiger charge is 2.40. The van der Waals surface area contributed by atoms with Gasteiger partial charge in [-0.2, -0.15) is 0 Å².